The van der Waals surface area contributed by atoms with Crippen molar-refractivity contribution < 1.29 is 9.53 Å². The third-order valence-electron chi connectivity index (χ3n) is 3.37. The Labute approximate surface area is 135 Å². The lowest BCUT2D eigenvalue weighted by Crippen LogP contribution is -2.29. The van der Waals surface area contributed by atoms with Crippen molar-refractivity contribution in [3.05, 3.63) is 59.7 Å². The molecule has 0 unspecified atom stereocenters. The van der Waals surface area contributed by atoms with Crippen molar-refractivity contribution >= 4 is 11.6 Å². The van der Waals surface area contributed by atoms with Crippen LogP contribution in [0.5, 0.6) is 5.75 Å². The van der Waals surface area contributed by atoms with Crippen molar-refractivity contribution in [3.63, 3.8) is 0 Å². The number of ether oxygens (including phenoxy) is 1. The summed E-state index contributed by atoms with van der Waals surface area (Å²) in [6, 6.07) is 16.8. The molecule has 1 amide bonds. The molecule has 0 heterocycles. The predicted molar refractivity (Wildman–Crippen MR) is 89.4 cm³/mol. The Kier molecular flexibility index (Phi) is 6.16. The lowest BCUT2D eigenvalue weighted by Gasteiger charge is -2.10. The standard InChI is InChI=1S/C18H19N3O2/c1-23-17-9-5-3-6-14(17)10-11-20-13-18(22)21-16-8-4-2-7-15(16)12-19/h2-9,20H,10-11,13H2,1H3,(H,21,22). The smallest absolute Gasteiger partial charge is 0.238 e. The van der Waals surface area contributed by atoms with Gasteiger partial charge in [-0.25, -0.2) is 0 Å². The average molecular weight is 309 g/mol. The van der Waals surface area contributed by atoms with Crippen molar-refractivity contribution in [2.24, 2.45) is 0 Å². The Balaban J connectivity index is 1.78. The van der Waals surface area contributed by atoms with Gasteiger partial charge in [-0.3, -0.25) is 4.79 Å². The molecular weight excluding hydrogens is 290 g/mol. The van der Waals surface area contributed by atoms with Gasteiger partial charge in [0, 0.05) is 0 Å². The van der Waals surface area contributed by atoms with E-state index in [-0.39, 0.29) is 12.5 Å². The maximum Gasteiger partial charge on any atom is 0.238 e. The quantitative estimate of drug-likeness (QED) is 0.770. The molecule has 0 saturated heterocycles. The molecule has 0 aromatic heterocycles. The van der Waals surface area contributed by atoms with Gasteiger partial charge in [0.15, 0.2) is 0 Å². The molecule has 0 bridgehead atoms. The highest BCUT2D eigenvalue weighted by molar-refractivity contribution is 5.93. The first-order valence-electron chi connectivity index (χ1n) is 7.36. The van der Waals surface area contributed by atoms with Crippen LogP contribution in [-0.4, -0.2) is 26.1 Å². The topological polar surface area (TPSA) is 74.2 Å². The summed E-state index contributed by atoms with van der Waals surface area (Å²) in [6.07, 6.45) is 0.770. The molecule has 0 spiro atoms. The summed E-state index contributed by atoms with van der Waals surface area (Å²) in [7, 11) is 1.65. The number of para-hydroxylation sites is 2. The number of nitrogens with zero attached hydrogens (tertiary/aromatic N) is 1. The van der Waals surface area contributed by atoms with E-state index in [2.05, 4.69) is 16.7 Å². The van der Waals surface area contributed by atoms with E-state index in [1.807, 2.05) is 24.3 Å². The van der Waals surface area contributed by atoms with Gasteiger partial charge in [0.2, 0.25) is 5.91 Å². The van der Waals surface area contributed by atoms with Crippen molar-refractivity contribution in [1.82, 2.24) is 5.32 Å². The average Bonchev–Trinajstić information content (AvgIpc) is 2.59. The van der Waals surface area contributed by atoms with Crippen LogP contribution in [0.2, 0.25) is 0 Å². The van der Waals surface area contributed by atoms with Crippen molar-refractivity contribution in [2.45, 2.75) is 6.42 Å². The van der Waals surface area contributed by atoms with Crippen molar-refractivity contribution in [3.8, 4) is 11.8 Å². The summed E-state index contributed by atoms with van der Waals surface area (Å²) in [6.45, 7) is 0.850. The Bertz CT molecular complexity index is 707. The minimum atomic E-state index is -0.173. The zero-order chi connectivity index (χ0) is 16.5. The number of nitriles is 1. The Morgan fingerprint density at radius 3 is 2.70 bits per heavy atom. The van der Waals surface area contributed by atoms with Crippen LogP contribution in [0.1, 0.15) is 11.1 Å². The molecule has 2 rings (SSSR count). The second kappa shape index (κ2) is 8.57. The van der Waals surface area contributed by atoms with Crippen LogP contribution < -0.4 is 15.4 Å². The summed E-state index contributed by atoms with van der Waals surface area (Å²) in [4.78, 5) is 11.9. The highest BCUT2D eigenvalue weighted by atomic mass is 16.5. The molecule has 118 valence electrons. The fraction of sp³-hybridized carbons (Fsp3) is 0.222. The van der Waals surface area contributed by atoms with E-state index >= 15 is 0 Å². The maximum absolute atomic E-state index is 11.9. The third kappa shape index (κ3) is 4.83. The molecule has 23 heavy (non-hydrogen) atoms. The van der Waals surface area contributed by atoms with E-state index in [9.17, 15) is 4.79 Å². The van der Waals surface area contributed by atoms with Crippen LogP contribution in [0, 0.1) is 11.3 Å². The van der Waals surface area contributed by atoms with Gasteiger partial charge >= 0.3 is 0 Å². The van der Waals surface area contributed by atoms with Gasteiger partial charge in [0.05, 0.1) is 24.9 Å². The summed E-state index contributed by atoms with van der Waals surface area (Å²) < 4.78 is 5.29. The van der Waals surface area contributed by atoms with E-state index in [0.717, 1.165) is 17.7 Å². The number of nitrogens with one attached hydrogen (secondary N) is 2. The number of methoxy groups -OCH3 is 1. The third-order valence-corrected chi connectivity index (χ3v) is 3.37. The fourth-order valence-electron chi connectivity index (χ4n) is 2.22. The SMILES string of the molecule is COc1ccccc1CCNCC(=O)Nc1ccccc1C#N. The number of carbonyl (C=O) groups excluding carboxylic acids is 1. The lowest BCUT2D eigenvalue weighted by atomic mass is 10.1. The molecule has 0 atom stereocenters. The number of rotatable bonds is 7. The first-order chi connectivity index (χ1) is 11.2. The van der Waals surface area contributed by atoms with Gasteiger partial charge in [-0.2, -0.15) is 5.26 Å². The Morgan fingerprint density at radius 2 is 1.91 bits per heavy atom. The second-order valence-corrected chi connectivity index (χ2v) is 4.94. The molecule has 2 N–H and O–H groups in total. The number of anilines is 1. The highest BCUT2D eigenvalue weighted by Crippen LogP contribution is 2.17. The summed E-state index contributed by atoms with van der Waals surface area (Å²) in [5, 5.41) is 14.8. The molecule has 0 fully saturated rings. The van der Waals surface area contributed by atoms with E-state index in [1.54, 1.807) is 31.4 Å². The molecule has 0 radical (unpaired) electrons. The number of hydrogen-bond donors (Lipinski definition) is 2. The zero-order valence-electron chi connectivity index (χ0n) is 13.0. The molecule has 0 aliphatic rings. The van der Waals surface area contributed by atoms with Gasteiger partial charge in [-0.1, -0.05) is 30.3 Å². The van der Waals surface area contributed by atoms with Crippen molar-refractivity contribution in [1.29, 1.82) is 5.26 Å². The summed E-state index contributed by atoms with van der Waals surface area (Å²) in [5.41, 5.74) is 2.08. The molecule has 0 aliphatic carbocycles. The molecule has 2 aromatic carbocycles. The molecular formula is C18H19N3O2. The Morgan fingerprint density at radius 1 is 1.17 bits per heavy atom. The summed E-state index contributed by atoms with van der Waals surface area (Å²) in [5.74, 6) is 0.675. The van der Waals surface area contributed by atoms with Crippen LogP contribution in [-0.2, 0) is 11.2 Å². The predicted octanol–water partition coefficient (Wildman–Crippen LogP) is 2.34. The highest BCUT2D eigenvalue weighted by Gasteiger charge is 2.06. The zero-order valence-corrected chi connectivity index (χ0v) is 13.0. The van der Waals surface area contributed by atoms with Gasteiger partial charge < -0.3 is 15.4 Å². The number of carbonyl (C=O) groups is 1. The van der Waals surface area contributed by atoms with Crippen LogP contribution in [0.15, 0.2) is 48.5 Å². The fourth-order valence-corrected chi connectivity index (χ4v) is 2.22. The molecule has 5 nitrogen and oxygen atoms in total. The van der Waals surface area contributed by atoms with Gasteiger partial charge in [0.1, 0.15) is 11.8 Å². The van der Waals surface area contributed by atoms with Crippen LogP contribution in [0.3, 0.4) is 0 Å². The van der Waals surface area contributed by atoms with Crippen LogP contribution >= 0.6 is 0 Å². The van der Waals surface area contributed by atoms with E-state index in [4.69, 9.17) is 10.00 Å². The first kappa shape index (κ1) is 16.5. The molecule has 0 saturated carbocycles. The van der Waals surface area contributed by atoms with E-state index < -0.39 is 0 Å². The number of benzene rings is 2. The Hall–Kier alpha value is -2.84. The van der Waals surface area contributed by atoms with Crippen LogP contribution in [0.4, 0.5) is 5.69 Å². The van der Waals surface area contributed by atoms with E-state index in [1.165, 1.54) is 0 Å². The van der Waals surface area contributed by atoms with Crippen molar-refractivity contribution in [2.75, 3.05) is 25.5 Å². The second-order valence-electron chi connectivity index (χ2n) is 4.94. The van der Waals surface area contributed by atoms with Gasteiger partial charge in [-0.05, 0) is 36.7 Å². The van der Waals surface area contributed by atoms with Crippen LogP contribution in [0.25, 0.3) is 0 Å². The molecule has 2 aromatic rings. The maximum atomic E-state index is 11.9. The van der Waals surface area contributed by atoms with Gasteiger partial charge in [-0.15, -0.1) is 0 Å². The monoisotopic (exact) mass is 309 g/mol. The normalized spacial score (nSPS) is 9.91. The summed E-state index contributed by atoms with van der Waals surface area (Å²) >= 11 is 0. The minimum absolute atomic E-state index is 0.173. The largest absolute Gasteiger partial charge is 0.496 e. The van der Waals surface area contributed by atoms with Gasteiger partial charge in [0.25, 0.3) is 0 Å². The molecule has 0 aliphatic heterocycles. The first-order valence-corrected chi connectivity index (χ1v) is 7.36. The lowest BCUT2D eigenvalue weighted by molar-refractivity contribution is -0.115. The number of hydrogen-bond acceptors (Lipinski definition) is 4. The number of amides is 1. The van der Waals surface area contributed by atoms with E-state index in [0.29, 0.717) is 17.8 Å². The minimum Gasteiger partial charge on any atom is -0.496 e. The molecule has 5 heteroatoms.